The van der Waals surface area contributed by atoms with Crippen molar-refractivity contribution in [1.82, 2.24) is 0 Å². The highest BCUT2D eigenvalue weighted by molar-refractivity contribution is 5.03. The van der Waals surface area contributed by atoms with Crippen LogP contribution in [-0.4, -0.2) is 53.4 Å². The van der Waals surface area contributed by atoms with Gasteiger partial charge in [0, 0.05) is 18.1 Å². The molecular formula is C24H43N3O4. The smallest absolute Gasteiger partial charge is 0.0723 e. The molecule has 3 unspecified atom stereocenters. The van der Waals surface area contributed by atoms with E-state index in [9.17, 15) is 15.3 Å². The Balaban J connectivity index is 4.47. The van der Waals surface area contributed by atoms with Crippen molar-refractivity contribution >= 4 is 0 Å². The molecule has 0 aliphatic rings. The summed E-state index contributed by atoms with van der Waals surface area (Å²) in [7, 11) is 0. The van der Waals surface area contributed by atoms with Crippen molar-refractivity contribution in [3.05, 3.63) is 48.4 Å². The molecule has 0 heterocycles. The minimum Gasteiger partial charge on any atom is -0.392 e. The van der Waals surface area contributed by atoms with Gasteiger partial charge in [0.25, 0.3) is 0 Å². The number of unbranched alkanes of at least 4 members (excludes halogenated alkanes) is 7. The molecule has 178 valence electrons. The summed E-state index contributed by atoms with van der Waals surface area (Å²) in [5, 5.41) is 35.9. The summed E-state index contributed by atoms with van der Waals surface area (Å²) in [5.41, 5.74) is 6.99. The fourth-order valence-corrected chi connectivity index (χ4v) is 3.83. The van der Waals surface area contributed by atoms with E-state index in [-0.39, 0.29) is 25.9 Å². The summed E-state index contributed by atoms with van der Waals surface area (Å²) in [6.07, 6.45) is 11.1. The maximum absolute atomic E-state index is 10.8. The second kappa shape index (κ2) is 19.1. The first kappa shape index (κ1) is 29.4. The van der Waals surface area contributed by atoms with Gasteiger partial charge >= 0.3 is 0 Å². The molecule has 0 aromatic rings. The molecule has 0 spiro atoms. The molecule has 0 bridgehead atoms. The van der Waals surface area contributed by atoms with Crippen molar-refractivity contribution in [2.45, 2.75) is 88.9 Å². The predicted molar refractivity (Wildman–Crippen MR) is 127 cm³/mol. The molecular weight excluding hydrogens is 394 g/mol. The highest BCUT2D eigenvalue weighted by Crippen LogP contribution is 2.37. The molecule has 0 fully saturated rings. The summed E-state index contributed by atoms with van der Waals surface area (Å²) < 4.78 is 5.86. The van der Waals surface area contributed by atoms with Crippen LogP contribution in [0.5, 0.6) is 0 Å². The first-order chi connectivity index (χ1) is 15.0. The maximum atomic E-state index is 10.8. The minimum atomic E-state index is -1.23. The summed E-state index contributed by atoms with van der Waals surface area (Å²) >= 11 is 0. The summed E-state index contributed by atoms with van der Waals surface area (Å²) in [5.74, 6) is 0. The number of rotatable bonds is 22. The molecule has 7 nitrogen and oxygen atoms in total. The molecule has 0 saturated heterocycles. The molecule has 0 aliphatic carbocycles. The second-order valence-electron chi connectivity index (χ2n) is 8.07. The molecule has 0 saturated carbocycles. The van der Waals surface area contributed by atoms with E-state index in [1.165, 1.54) is 12.8 Å². The zero-order valence-electron chi connectivity index (χ0n) is 19.1. The Labute approximate surface area is 188 Å². The van der Waals surface area contributed by atoms with Crippen molar-refractivity contribution in [2.75, 3.05) is 19.8 Å². The number of nitrogens with zero attached hydrogens (tertiary/aromatic N) is 3. The normalized spacial score (nSPS) is 15.8. The first-order valence-corrected chi connectivity index (χ1v) is 11.5. The molecule has 0 aliphatic heterocycles. The third-order valence-corrected chi connectivity index (χ3v) is 5.74. The van der Waals surface area contributed by atoms with Crippen LogP contribution in [0.1, 0.15) is 70.6 Å². The van der Waals surface area contributed by atoms with E-state index in [4.69, 9.17) is 10.3 Å². The minimum absolute atomic E-state index is 0.0528. The van der Waals surface area contributed by atoms with E-state index in [1.807, 2.05) is 0 Å². The van der Waals surface area contributed by atoms with E-state index >= 15 is 0 Å². The number of aliphatic hydroxyl groups is 3. The van der Waals surface area contributed by atoms with Crippen LogP contribution < -0.4 is 0 Å². The van der Waals surface area contributed by atoms with Gasteiger partial charge in [-0.2, -0.15) is 0 Å². The lowest BCUT2D eigenvalue weighted by molar-refractivity contribution is -0.169. The fourth-order valence-electron chi connectivity index (χ4n) is 3.83. The lowest BCUT2D eigenvalue weighted by Gasteiger charge is -2.44. The molecule has 0 amide bonds. The van der Waals surface area contributed by atoms with E-state index in [1.54, 1.807) is 18.2 Å². The third kappa shape index (κ3) is 11.5. The van der Waals surface area contributed by atoms with Gasteiger partial charge in [0.2, 0.25) is 0 Å². The Hall–Kier alpha value is -1.63. The molecule has 0 aromatic carbocycles. The van der Waals surface area contributed by atoms with Gasteiger partial charge < -0.3 is 20.1 Å². The van der Waals surface area contributed by atoms with E-state index in [2.05, 4.69) is 29.8 Å². The molecule has 31 heavy (non-hydrogen) atoms. The number of azide groups is 1. The third-order valence-electron chi connectivity index (χ3n) is 5.74. The second-order valence-corrected chi connectivity index (χ2v) is 8.07. The summed E-state index contributed by atoms with van der Waals surface area (Å²) in [6, 6.07) is 0. The van der Waals surface area contributed by atoms with Crippen LogP contribution in [0.25, 0.3) is 10.4 Å². The average molecular weight is 438 g/mol. The van der Waals surface area contributed by atoms with Crippen molar-refractivity contribution in [3.63, 3.8) is 0 Å². The van der Waals surface area contributed by atoms with Crippen LogP contribution in [0, 0.1) is 5.41 Å². The summed E-state index contributed by atoms with van der Waals surface area (Å²) in [6.45, 7) is 12.2. The van der Waals surface area contributed by atoms with Crippen molar-refractivity contribution in [1.29, 1.82) is 0 Å². The van der Waals surface area contributed by atoms with Crippen molar-refractivity contribution in [3.8, 4) is 0 Å². The monoisotopic (exact) mass is 437 g/mol. The molecule has 0 radical (unpaired) electrons. The van der Waals surface area contributed by atoms with Gasteiger partial charge in [-0.25, -0.2) is 0 Å². The highest BCUT2D eigenvalue weighted by atomic mass is 16.5. The Kier molecular flexibility index (Phi) is 18.1. The van der Waals surface area contributed by atoms with Crippen molar-refractivity contribution in [2.24, 2.45) is 10.5 Å². The number of hydrogen-bond acceptors (Lipinski definition) is 5. The van der Waals surface area contributed by atoms with Gasteiger partial charge in [-0.1, -0.05) is 61.9 Å². The first-order valence-electron chi connectivity index (χ1n) is 11.5. The number of hydrogen-bond donors (Lipinski definition) is 3. The number of aliphatic hydroxyl groups excluding tert-OH is 3. The van der Waals surface area contributed by atoms with Gasteiger partial charge in [-0.05, 0) is 37.6 Å². The lowest BCUT2D eigenvalue weighted by Crippen LogP contribution is -2.56. The summed E-state index contributed by atoms with van der Waals surface area (Å²) in [4.78, 5) is 2.75. The van der Waals surface area contributed by atoms with Gasteiger partial charge in [0.15, 0.2) is 0 Å². The van der Waals surface area contributed by atoms with Crippen LogP contribution in [0.15, 0.2) is 43.1 Å². The van der Waals surface area contributed by atoms with Crippen LogP contribution in [-0.2, 0) is 4.74 Å². The van der Waals surface area contributed by atoms with Gasteiger partial charge in [0.1, 0.15) is 0 Å². The lowest BCUT2D eigenvalue weighted by atomic mass is 9.69. The van der Waals surface area contributed by atoms with Gasteiger partial charge in [0.05, 0.1) is 30.3 Å². The quantitative estimate of drug-likeness (QED) is 0.0706. The Morgan fingerprint density at radius 3 is 1.61 bits per heavy atom. The molecule has 0 aromatic heterocycles. The largest absolute Gasteiger partial charge is 0.392 e. The molecule has 3 N–H and O–H groups in total. The van der Waals surface area contributed by atoms with Crippen LogP contribution in [0.3, 0.4) is 0 Å². The topological polar surface area (TPSA) is 119 Å². The van der Waals surface area contributed by atoms with Crippen LogP contribution in [0.4, 0.5) is 0 Å². The predicted octanol–water partition coefficient (Wildman–Crippen LogP) is 5.23. The van der Waals surface area contributed by atoms with E-state index < -0.39 is 23.7 Å². The average Bonchev–Trinajstić information content (AvgIpc) is 2.74. The zero-order valence-corrected chi connectivity index (χ0v) is 19.1. The SMILES string of the molecule is C=CCC(O)C(COCCCCCCCCCCN=[N+]=[N-])(C(O)CC=C)C(O)CC=C. The molecule has 7 heteroatoms. The van der Waals surface area contributed by atoms with Gasteiger partial charge in [-0.3, -0.25) is 0 Å². The molecule has 0 rings (SSSR count). The van der Waals surface area contributed by atoms with Crippen molar-refractivity contribution < 1.29 is 20.1 Å². The maximum Gasteiger partial charge on any atom is 0.0723 e. The molecule has 3 atom stereocenters. The van der Waals surface area contributed by atoms with Gasteiger partial charge in [-0.15, -0.1) is 19.7 Å². The Morgan fingerprint density at radius 2 is 1.19 bits per heavy atom. The van der Waals surface area contributed by atoms with Crippen LogP contribution in [0.2, 0.25) is 0 Å². The highest BCUT2D eigenvalue weighted by Gasteiger charge is 2.49. The Morgan fingerprint density at radius 1 is 0.774 bits per heavy atom. The van der Waals surface area contributed by atoms with E-state index in [0.717, 1.165) is 38.5 Å². The standard InChI is InChI=1S/C24H43N3O4/c1-4-15-21(28)24(22(29)16-5-2,23(30)17-6-3)20-31-19-14-12-10-8-7-9-11-13-18-26-27-25/h4-6,21-23,28-30H,1-3,7-20H2. The fraction of sp³-hybridized carbons (Fsp3) is 0.750. The van der Waals surface area contributed by atoms with E-state index in [0.29, 0.717) is 13.2 Å². The zero-order chi connectivity index (χ0) is 23.4. The van der Waals surface area contributed by atoms with Crippen LogP contribution >= 0.6 is 0 Å². The Bertz CT molecular complexity index is 494. The number of ether oxygens (including phenoxy) is 1.